The van der Waals surface area contributed by atoms with Crippen LogP contribution in [0.5, 0.6) is 0 Å². The molecule has 0 saturated carbocycles. The molecule has 0 unspecified atom stereocenters. The van der Waals surface area contributed by atoms with E-state index in [9.17, 15) is 0 Å². The second-order valence-electron chi connectivity index (χ2n) is 0.894. The van der Waals surface area contributed by atoms with Crippen LogP contribution in [0.2, 0.25) is 0 Å². The normalized spacial score (nSPS) is 10.7. The van der Waals surface area contributed by atoms with Gasteiger partial charge in [-0.15, -0.1) is 0 Å². The van der Waals surface area contributed by atoms with Gasteiger partial charge in [0.25, 0.3) is 0 Å². The first-order chi connectivity index (χ1) is 4.00. The third-order valence-corrected chi connectivity index (χ3v) is 0. The summed E-state index contributed by atoms with van der Waals surface area (Å²) in [5.41, 5.74) is 0. The molecule has 0 aliphatic heterocycles. The van der Waals surface area contributed by atoms with Gasteiger partial charge in [-0.1, -0.05) is 0 Å². The van der Waals surface area contributed by atoms with Crippen molar-refractivity contribution < 1.29 is 50.9 Å². The van der Waals surface area contributed by atoms with Crippen LogP contribution in [0.15, 0.2) is 0 Å². The van der Waals surface area contributed by atoms with Crippen molar-refractivity contribution in [1.82, 2.24) is 0 Å². The second kappa shape index (κ2) is 6.07. The van der Waals surface area contributed by atoms with E-state index >= 15 is 0 Å². The van der Waals surface area contributed by atoms with E-state index < -0.39 is 15.6 Å². The molecule has 0 atom stereocenters. The van der Waals surface area contributed by atoms with Crippen molar-refractivity contribution >= 4 is 15.6 Å². The van der Waals surface area contributed by atoms with E-state index in [1.54, 1.807) is 0 Å². The van der Waals surface area contributed by atoms with Gasteiger partial charge in [0.15, 0.2) is 0 Å². The molecule has 0 radical (unpaired) electrons. The molecule has 8 nitrogen and oxygen atoms in total. The molecule has 0 aromatic rings. The van der Waals surface area contributed by atoms with Crippen LogP contribution in [0.4, 0.5) is 0 Å². The van der Waals surface area contributed by atoms with Crippen LogP contribution < -0.4 is 41.8 Å². The van der Waals surface area contributed by atoms with E-state index in [2.05, 4.69) is 0 Å². The van der Waals surface area contributed by atoms with E-state index in [0.29, 0.717) is 0 Å². The summed E-state index contributed by atoms with van der Waals surface area (Å²) in [7, 11) is -10.8. The van der Waals surface area contributed by atoms with Crippen molar-refractivity contribution in [3.05, 3.63) is 0 Å². The molecule has 0 N–H and O–H groups in total. The molecule has 0 rings (SSSR count). The Balaban J connectivity index is -0.000000107. The molecule has 0 aromatic carbocycles. The summed E-state index contributed by atoms with van der Waals surface area (Å²) in [5, 5.41) is 0. The Morgan fingerprint density at radius 1 is 0.636 bits per heavy atom. The number of hydrogen-bond donors (Lipinski definition) is 0. The van der Waals surface area contributed by atoms with Gasteiger partial charge in [0, 0.05) is 0 Å². The molecular weight excluding hydrogens is 225 g/mol. The van der Waals surface area contributed by atoms with Gasteiger partial charge in [0.2, 0.25) is 0 Å². The van der Waals surface area contributed by atoms with Crippen molar-refractivity contribution in [3.63, 3.8) is 0 Å². The fourth-order valence-corrected chi connectivity index (χ4v) is 0. The van der Waals surface area contributed by atoms with Crippen molar-refractivity contribution in [2.75, 3.05) is 0 Å². The zero-order chi connectivity index (χ0) is 9.00. The smallest absolute Gasteiger partial charge is 0.159 e. The average Bonchev–Trinajstić information content (AvgIpc) is 1.12. The van der Waals surface area contributed by atoms with Gasteiger partial charge < -0.3 is 50.9 Å². The number of halogens is 1. The molecule has 0 spiro atoms. The molecule has 0 heterocycles. The lowest BCUT2D eigenvalue weighted by molar-refractivity contribution is -0.434. The van der Waals surface area contributed by atoms with Crippen LogP contribution in [0, 0.1) is 0 Å². The van der Waals surface area contributed by atoms with Crippen molar-refractivity contribution in [1.29, 1.82) is 0 Å². The van der Waals surface area contributed by atoms with Crippen molar-refractivity contribution in [3.8, 4) is 0 Å². The highest BCUT2D eigenvalue weighted by Crippen LogP contribution is 2.03. The SMILES string of the molecule is O=P([O-])([O-])[O-].O=P([O-])([O-])[O-].[Cl-]. The topological polar surface area (TPSA) is 172 Å². The molecule has 0 aliphatic rings. The summed E-state index contributed by atoms with van der Waals surface area (Å²) < 4.78 is 17.1. The van der Waals surface area contributed by atoms with Gasteiger partial charge in [0.05, 0.1) is 0 Å². The average molecular weight is 225 g/mol. The largest absolute Gasteiger partial charge is 1.00 e. The molecule has 0 amide bonds. The minimum atomic E-state index is -5.39. The zero-order valence-electron chi connectivity index (χ0n) is 4.54. The predicted octanol–water partition coefficient (Wildman–Crippen LogP) is -8.65. The lowest BCUT2D eigenvalue weighted by atomic mass is 15.8. The first-order valence-corrected chi connectivity index (χ1v) is 4.38. The molecule has 0 aromatic heterocycles. The van der Waals surface area contributed by atoms with Gasteiger partial charge in [0.1, 0.15) is 0 Å². The Hall–Kier alpha value is 0.510. The minimum Gasteiger partial charge on any atom is -1.00 e. The highest BCUT2D eigenvalue weighted by Gasteiger charge is 1.45. The Labute approximate surface area is 67.4 Å². The fraction of sp³-hybridized carbons (Fsp3) is 0. The Bertz CT molecular complexity index is 124. The molecule has 11 heavy (non-hydrogen) atoms. The molecular formula is ClO8P2-7. The Morgan fingerprint density at radius 2 is 0.636 bits per heavy atom. The van der Waals surface area contributed by atoms with E-state index in [0.717, 1.165) is 0 Å². The van der Waals surface area contributed by atoms with Gasteiger partial charge in [-0.2, -0.15) is 15.6 Å². The molecule has 11 heteroatoms. The predicted molar refractivity (Wildman–Crippen MR) is 15.2 cm³/mol. The zero-order valence-corrected chi connectivity index (χ0v) is 7.08. The van der Waals surface area contributed by atoms with Crippen LogP contribution in [-0.4, -0.2) is 0 Å². The lowest BCUT2D eigenvalue weighted by Crippen LogP contribution is -3.00. The third-order valence-electron chi connectivity index (χ3n) is 0. The van der Waals surface area contributed by atoms with Crippen molar-refractivity contribution in [2.45, 2.75) is 0 Å². The van der Waals surface area contributed by atoms with E-state index in [4.69, 9.17) is 38.5 Å². The van der Waals surface area contributed by atoms with Crippen LogP contribution in [0.1, 0.15) is 0 Å². The maximum atomic E-state index is 8.55. The molecule has 0 fully saturated rings. The summed E-state index contributed by atoms with van der Waals surface area (Å²) in [6.45, 7) is 0. The number of hydrogen-bond acceptors (Lipinski definition) is 8. The van der Waals surface area contributed by atoms with Crippen LogP contribution >= 0.6 is 15.6 Å². The highest BCUT2D eigenvalue weighted by molar-refractivity contribution is 7.40. The van der Waals surface area contributed by atoms with E-state index in [-0.39, 0.29) is 12.4 Å². The monoisotopic (exact) mass is 225 g/mol. The summed E-state index contributed by atoms with van der Waals surface area (Å²) >= 11 is 0. The Morgan fingerprint density at radius 3 is 0.636 bits per heavy atom. The fourth-order valence-electron chi connectivity index (χ4n) is 0. The van der Waals surface area contributed by atoms with Crippen LogP contribution in [0.25, 0.3) is 0 Å². The summed E-state index contributed by atoms with van der Waals surface area (Å²) in [5.74, 6) is 0. The quantitative estimate of drug-likeness (QED) is 0.365. The van der Waals surface area contributed by atoms with Gasteiger partial charge in [-0.3, -0.25) is 0 Å². The van der Waals surface area contributed by atoms with Crippen LogP contribution in [-0.2, 0) is 9.13 Å². The first kappa shape index (κ1) is 17.6. The maximum Gasteiger partial charge on any atom is -0.159 e. The van der Waals surface area contributed by atoms with Gasteiger partial charge in [-0.05, 0) is 0 Å². The Kier molecular flexibility index (Phi) is 9.69. The molecule has 0 saturated heterocycles. The second-order valence-corrected chi connectivity index (χ2v) is 2.68. The number of phosphoric acid groups is 2. The maximum absolute atomic E-state index is 8.55. The highest BCUT2D eigenvalue weighted by atomic mass is 35.5. The van der Waals surface area contributed by atoms with E-state index in [1.807, 2.05) is 0 Å². The lowest BCUT2D eigenvalue weighted by Gasteiger charge is -2.36. The number of rotatable bonds is 0. The molecule has 0 bridgehead atoms. The van der Waals surface area contributed by atoms with Crippen molar-refractivity contribution in [2.24, 2.45) is 0 Å². The third kappa shape index (κ3) is 2930. The summed E-state index contributed by atoms with van der Waals surface area (Å²) in [6.07, 6.45) is 0. The summed E-state index contributed by atoms with van der Waals surface area (Å²) in [6, 6.07) is 0. The van der Waals surface area contributed by atoms with Gasteiger partial charge in [-0.25, -0.2) is 0 Å². The van der Waals surface area contributed by atoms with Gasteiger partial charge >= 0.3 is 0 Å². The van der Waals surface area contributed by atoms with E-state index in [1.165, 1.54) is 0 Å². The van der Waals surface area contributed by atoms with Crippen LogP contribution in [0.3, 0.4) is 0 Å². The minimum absolute atomic E-state index is 0. The standard InChI is InChI=1S/ClH.2H3O4P/c;2*1-5(2,3)4/h1H;2*(H3,1,2,3,4)/p-7. The summed E-state index contributed by atoms with van der Waals surface area (Å²) in [4.78, 5) is 51.3. The molecule has 0 aliphatic carbocycles. The molecule has 72 valence electrons. The first-order valence-electron chi connectivity index (χ1n) is 1.46.